The van der Waals surface area contributed by atoms with Crippen molar-refractivity contribution in [2.24, 2.45) is 0 Å². The van der Waals surface area contributed by atoms with E-state index in [2.05, 4.69) is 42.4 Å². The number of rotatable bonds is 6. The zero-order valence-electron chi connectivity index (χ0n) is 18.6. The molecule has 9 heteroatoms. The first-order chi connectivity index (χ1) is 16.5. The summed E-state index contributed by atoms with van der Waals surface area (Å²) in [6.45, 7) is 2.77. The lowest BCUT2D eigenvalue weighted by atomic mass is 10.1. The van der Waals surface area contributed by atoms with E-state index >= 15 is 0 Å². The van der Waals surface area contributed by atoms with Crippen LogP contribution in [0.3, 0.4) is 0 Å². The third-order valence-corrected chi connectivity index (χ3v) is 4.79. The molecule has 2 aromatic carbocycles. The van der Waals surface area contributed by atoms with Gasteiger partial charge in [0.25, 0.3) is 5.91 Å². The number of anilines is 2. The number of carbonyl (C=O) groups is 1. The Hall–Kier alpha value is -4.58. The molecule has 2 heterocycles. The fourth-order valence-corrected chi connectivity index (χ4v) is 3.11. The summed E-state index contributed by atoms with van der Waals surface area (Å²) in [5.41, 5.74) is 3.23. The normalized spacial score (nSPS) is 10.3. The van der Waals surface area contributed by atoms with E-state index in [1.54, 1.807) is 12.4 Å². The Morgan fingerprint density at radius 1 is 1.06 bits per heavy atom. The molecule has 4 rings (SSSR count). The number of hydrogen-bond acceptors (Lipinski definition) is 7. The monoisotopic (exact) mass is 456 g/mol. The third-order valence-electron chi connectivity index (χ3n) is 4.79. The number of halogens is 1. The molecule has 170 valence electrons. The highest BCUT2D eigenvalue weighted by Crippen LogP contribution is 2.29. The lowest BCUT2D eigenvalue weighted by molar-refractivity contribution is -0.121. The molecule has 0 aliphatic carbocycles. The molecule has 0 fully saturated rings. The number of nitrogens with zero attached hydrogens (tertiary/aromatic N) is 4. The molecular formula is C25H21FN6O2. The molecule has 34 heavy (non-hydrogen) atoms. The summed E-state index contributed by atoms with van der Waals surface area (Å²) in [5.74, 6) is 7.63. The van der Waals surface area contributed by atoms with Crippen LogP contribution < -0.4 is 15.4 Å². The number of aromatic nitrogens is 4. The number of carbonyl (C=O) groups excluding carboxylic acids is 1. The number of fused-ring (bicyclic) bond motifs is 1. The van der Waals surface area contributed by atoms with Gasteiger partial charge in [0, 0.05) is 16.6 Å². The first kappa shape index (κ1) is 22.6. The van der Waals surface area contributed by atoms with Crippen LogP contribution in [0.15, 0.2) is 55.1 Å². The second kappa shape index (κ2) is 10.4. The summed E-state index contributed by atoms with van der Waals surface area (Å²) in [5, 5.41) is 6.48. The summed E-state index contributed by atoms with van der Waals surface area (Å²) in [6, 6.07) is 11.2. The molecule has 1 amide bonds. The quantitative estimate of drug-likeness (QED) is 0.423. The molecule has 0 spiro atoms. The average molecular weight is 456 g/mol. The maximum atomic E-state index is 12.2. The molecule has 0 aliphatic heterocycles. The van der Waals surface area contributed by atoms with Crippen LogP contribution in [-0.4, -0.2) is 39.1 Å². The summed E-state index contributed by atoms with van der Waals surface area (Å²) in [4.78, 5) is 28.0. The van der Waals surface area contributed by atoms with E-state index in [0.717, 1.165) is 27.7 Å². The first-order valence-electron chi connectivity index (χ1n) is 10.4. The molecule has 0 atom stereocenters. The number of nitrogens with one attached hydrogen (secondary N) is 2. The van der Waals surface area contributed by atoms with E-state index < -0.39 is 12.6 Å². The van der Waals surface area contributed by atoms with Crippen molar-refractivity contribution in [3.8, 4) is 23.3 Å². The molecular weight excluding hydrogens is 435 g/mol. The van der Waals surface area contributed by atoms with Crippen LogP contribution in [0.5, 0.6) is 11.5 Å². The van der Waals surface area contributed by atoms with Gasteiger partial charge in [0.05, 0.1) is 24.5 Å². The first-order valence-corrected chi connectivity index (χ1v) is 10.4. The average Bonchev–Trinajstić information content (AvgIpc) is 2.85. The summed E-state index contributed by atoms with van der Waals surface area (Å²) in [6.07, 6.45) is 4.76. The van der Waals surface area contributed by atoms with Gasteiger partial charge in [0.1, 0.15) is 23.7 Å². The van der Waals surface area contributed by atoms with E-state index in [-0.39, 0.29) is 6.54 Å². The van der Waals surface area contributed by atoms with Crippen LogP contribution in [0.2, 0.25) is 0 Å². The van der Waals surface area contributed by atoms with Gasteiger partial charge in [0.2, 0.25) is 0 Å². The van der Waals surface area contributed by atoms with E-state index in [1.165, 1.54) is 6.33 Å². The van der Waals surface area contributed by atoms with E-state index in [0.29, 0.717) is 23.1 Å². The SMILES string of the molecule is Cc1ncc(Oc2ccc(Nc3ncnc4ccc(C#CCNC(=O)CF)cc34)cc2C)cn1. The molecule has 0 unspecified atom stereocenters. The zero-order chi connectivity index (χ0) is 23.9. The van der Waals surface area contributed by atoms with Crippen molar-refractivity contribution in [3.05, 3.63) is 72.1 Å². The summed E-state index contributed by atoms with van der Waals surface area (Å²) < 4.78 is 18.1. The fourth-order valence-electron chi connectivity index (χ4n) is 3.11. The zero-order valence-corrected chi connectivity index (χ0v) is 18.6. The molecule has 0 aliphatic rings. The van der Waals surface area contributed by atoms with E-state index in [4.69, 9.17) is 4.74 Å². The highest BCUT2D eigenvalue weighted by molar-refractivity contribution is 5.91. The second-order valence-electron chi connectivity index (χ2n) is 7.34. The minimum absolute atomic E-state index is 0.0690. The van der Waals surface area contributed by atoms with Crippen molar-refractivity contribution in [1.29, 1.82) is 0 Å². The van der Waals surface area contributed by atoms with Gasteiger partial charge >= 0.3 is 0 Å². The van der Waals surface area contributed by atoms with Gasteiger partial charge in [-0.25, -0.2) is 24.3 Å². The number of alkyl halides is 1. The number of ether oxygens (including phenoxy) is 1. The predicted octanol–water partition coefficient (Wildman–Crippen LogP) is 4.01. The molecule has 0 radical (unpaired) electrons. The molecule has 0 saturated carbocycles. The van der Waals surface area contributed by atoms with Gasteiger partial charge in [-0.3, -0.25) is 4.79 Å². The molecule has 4 aromatic rings. The maximum Gasteiger partial charge on any atom is 0.252 e. The standard InChI is InChI=1S/C25H21FN6O2/c1-16-10-19(6-8-23(16)34-20-13-28-17(2)29-14-20)32-25-21-11-18(4-3-9-27-24(33)12-26)5-7-22(21)30-15-31-25/h5-8,10-11,13-15H,9,12H2,1-2H3,(H,27,33)(H,30,31,32). The molecule has 0 bridgehead atoms. The second-order valence-corrected chi connectivity index (χ2v) is 7.34. The van der Waals surface area contributed by atoms with Gasteiger partial charge in [-0.1, -0.05) is 11.8 Å². The Morgan fingerprint density at radius 3 is 2.65 bits per heavy atom. The van der Waals surface area contributed by atoms with Crippen molar-refractivity contribution in [2.45, 2.75) is 13.8 Å². The number of hydrogen-bond donors (Lipinski definition) is 2. The van der Waals surface area contributed by atoms with Crippen molar-refractivity contribution >= 4 is 28.3 Å². The van der Waals surface area contributed by atoms with Crippen LogP contribution in [0.1, 0.15) is 17.0 Å². The lowest BCUT2D eigenvalue weighted by Gasteiger charge is -2.12. The van der Waals surface area contributed by atoms with Crippen LogP contribution in [0.4, 0.5) is 15.9 Å². The van der Waals surface area contributed by atoms with Crippen LogP contribution in [0.25, 0.3) is 10.9 Å². The van der Waals surface area contributed by atoms with Gasteiger partial charge in [0.15, 0.2) is 12.4 Å². The molecule has 8 nitrogen and oxygen atoms in total. The smallest absolute Gasteiger partial charge is 0.252 e. The number of benzene rings is 2. The Kier molecular flexibility index (Phi) is 6.89. The van der Waals surface area contributed by atoms with Crippen LogP contribution in [-0.2, 0) is 4.79 Å². The minimum atomic E-state index is -1.06. The van der Waals surface area contributed by atoms with Crippen LogP contribution >= 0.6 is 0 Å². The molecule has 2 aromatic heterocycles. The highest BCUT2D eigenvalue weighted by atomic mass is 19.1. The lowest BCUT2D eigenvalue weighted by Crippen LogP contribution is -2.24. The highest BCUT2D eigenvalue weighted by Gasteiger charge is 2.08. The minimum Gasteiger partial charge on any atom is -0.454 e. The van der Waals surface area contributed by atoms with Crippen LogP contribution in [0, 0.1) is 25.7 Å². The Balaban J connectivity index is 1.53. The van der Waals surface area contributed by atoms with Gasteiger partial charge in [-0.05, 0) is 55.8 Å². The topological polar surface area (TPSA) is 102 Å². The Morgan fingerprint density at radius 2 is 1.88 bits per heavy atom. The maximum absolute atomic E-state index is 12.2. The number of aryl methyl sites for hydroxylation is 2. The van der Waals surface area contributed by atoms with Crippen molar-refractivity contribution in [1.82, 2.24) is 25.3 Å². The van der Waals surface area contributed by atoms with Crippen molar-refractivity contribution in [2.75, 3.05) is 18.5 Å². The largest absolute Gasteiger partial charge is 0.454 e. The van der Waals surface area contributed by atoms with E-state index in [1.807, 2.05) is 50.2 Å². The fraction of sp³-hybridized carbons (Fsp3) is 0.160. The van der Waals surface area contributed by atoms with E-state index in [9.17, 15) is 9.18 Å². The molecule has 2 N–H and O–H groups in total. The van der Waals surface area contributed by atoms with Crippen molar-refractivity contribution in [3.63, 3.8) is 0 Å². The third kappa shape index (κ3) is 5.61. The van der Waals surface area contributed by atoms with Crippen molar-refractivity contribution < 1.29 is 13.9 Å². The molecule has 0 saturated heterocycles. The Labute approximate surface area is 195 Å². The predicted molar refractivity (Wildman–Crippen MR) is 127 cm³/mol. The summed E-state index contributed by atoms with van der Waals surface area (Å²) >= 11 is 0. The van der Waals surface area contributed by atoms with Gasteiger partial charge in [-0.2, -0.15) is 0 Å². The summed E-state index contributed by atoms with van der Waals surface area (Å²) in [7, 11) is 0. The number of amides is 1. The van der Waals surface area contributed by atoms with Gasteiger partial charge < -0.3 is 15.4 Å². The van der Waals surface area contributed by atoms with Gasteiger partial charge in [-0.15, -0.1) is 0 Å². The Bertz CT molecular complexity index is 1400.